The summed E-state index contributed by atoms with van der Waals surface area (Å²) in [5.74, 6) is 1.71. The van der Waals surface area contributed by atoms with Gasteiger partial charge in [0.15, 0.2) is 11.4 Å². The molecule has 2 aromatic rings. The number of nitrogens with zero attached hydrogens (tertiary/aromatic N) is 2. The van der Waals surface area contributed by atoms with Crippen LogP contribution in [0.1, 0.15) is 29.9 Å². The van der Waals surface area contributed by atoms with Crippen LogP contribution in [-0.4, -0.2) is 17.5 Å². The van der Waals surface area contributed by atoms with Gasteiger partial charge >= 0.3 is 0 Å². The quantitative estimate of drug-likeness (QED) is 0.671. The van der Waals surface area contributed by atoms with Gasteiger partial charge in [-0.3, -0.25) is 4.98 Å². The van der Waals surface area contributed by atoms with Crippen LogP contribution in [0.25, 0.3) is 0 Å². The lowest BCUT2D eigenvalue weighted by Crippen LogP contribution is -2.44. The number of hydrogen-bond acceptors (Lipinski definition) is 7. The Morgan fingerprint density at radius 1 is 1.38 bits per heavy atom. The van der Waals surface area contributed by atoms with Crippen molar-refractivity contribution in [3.8, 4) is 0 Å². The molecule has 124 valence electrons. The molecule has 0 aromatic carbocycles. The van der Waals surface area contributed by atoms with E-state index in [4.69, 9.17) is 15.1 Å². The number of pyridine rings is 1. The first kappa shape index (κ1) is 14.0. The number of guanidine groups is 1. The summed E-state index contributed by atoms with van der Waals surface area (Å²) in [6.45, 7) is 1.84. The highest BCUT2D eigenvalue weighted by Gasteiger charge is 2.49. The summed E-state index contributed by atoms with van der Waals surface area (Å²) in [4.78, 5) is 9.30. The summed E-state index contributed by atoms with van der Waals surface area (Å²) >= 11 is 0. The molecule has 0 spiro atoms. The van der Waals surface area contributed by atoms with E-state index in [0.29, 0.717) is 11.9 Å². The summed E-state index contributed by atoms with van der Waals surface area (Å²) in [7, 11) is 0. The molecule has 0 amide bonds. The lowest BCUT2D eigenvalue weighted by atomic mass is 10.0. The first-order valence-corrected chi connectivity index (χ1v) is 8.41. The van der Waals surface area contributed by atoms with Crippen LogP contribution in [0, 0.1) is 5.92 Å². The molecule has 2 aliphatic heterocycles. The third-order valence-electron chi connectivity index (χ3n) is 4.96. The predicted octanol–water partition coefficient (Wildman–Crippen LogP) is 1.74. The minimum Gasteiger partial charge on any atom is -0.463 e. The third-order valence-corrected chi connectivity index (χ3v) is 4.96. The molecule has 0 radical (unpaired) electrons. The zero-order valence-electron chi connectivity index (χ0n) is 13.3. The molecule has 1 saturated carbocycles. The molecule has 1 unspecified atom stereocenters. The Labute approximate surface area is 139 Å². The summed E-state index contributed by atoms with van der Waals surface area (Å²) < 4.78 is 5.60. The van der Waals surface area contributed by atoms with E-state index in [2.05, 4.69) is 27.0 Å². The number of nitrogens with two attached hydrogens (primary N) is 1. The number of aliphatic imine (C=N–C) groups is 1. The number of anilines is 2. The van der Waals surface area contributed by atoms with Gasteiger partial charge in [0, 0.05) is 37.2 Å². The van der Waals surface area contributed by atoms with Gasteiger partial charge in [-0.15, -0.1) is 0 Å². The smallest absolute Gasteiger partial charge is 0.202 e. The summed E-state index contributed by atoms with van der Waals surface area (Å²) in [6, 6.07) is 4.02. The van der Waals surface area contributed by atoms with Crippen LogP contribution in [0.5, 0.6) is 0 Å². The fraction of sp³-hybridized carbons (Fsp3) is 0.412. The van der Waals surface area contributed by atoms with Crippen molar-refractivity contribution in [2.75, 3.05) is 17.2 Å². The Morgan fingerprint density at radius 2 is 2.29 bits per heavy atom. The average molecular weight is 324 g/mol. The fourth-order valence-corrected chi connectivity index (χ4v) is 3.52. The molecule has 0 bridgehead atoms. The molecule has 7 heteroatoms. The molecule has 5 rings (SSSR count). The second-order valence-electron chi connectivity index (χ2n) is 6.73. The number of furan rings is 1. The molecule has 3 aliphatic rings. The minimum absolute atomic E-state index is 0.340. The van der Waals surface area contributed by atoms with Crippen molar-refractivity contribution in [1.29, 1.82) is 0 Å². The Hall–Kier alpha value is -2.38. The largest absolute Gasteiger partial charge is 0.463 e. The van der Waals surface area contributed by atoms with Crippen LogP contribution in [0.2, 0.25) is 0 Å². The van der Waals surface area contributed by atoms with Gasteiger partial charge < -0.3 is 26.1 Å². The Balaban J connectivity index is 1.46. The molecular formula is C17H20N6O. The predicted molar refractivity (Wildman–Crippen MR) is 91.6 cm³/mol. The Morgan fingerprint density at radius 3 is 3.17 bits per heavy atom. The molecule has 2 aromatic heterocycles. The van der Waals surface area contributed by atoms with Crippen molar-refractivity contribution in [2.45, 2.75) is 31.5 Å². The van der Waals surface area contributed by atoms with Gasteiger partial charge in [0.25, 0.3) is 0 Å². The summed E-state index contributed by atoms with van der Waals surface area (Å²) in [5, 5.41) is 9.96. The highest BCUT2D eigenvalue weighted by molar-refractivity contribution is 6.05. The lowest BCUT2D eigenvalue weighted by molar-refractivity contribution is 0.315. The number of fused-ring (bicyclic) bond motifs is 2. The van der Waals surface area contributed by atoms with Gasteiger partial charge in [0.05, 0.1) is 23.8 Å². The van der Waals surface area contributed by atoms with Crippen LogP contribution in [-0.2, 0) is 18.6 Å². The zero-order chi connectivity index (χ0) is 16.1. The molecular weight excluding hydrogens is 304 g/mol. The minimum atomic E-state index is -0.782. The normalized spacial score (nSPS) is 25.3. The Kier molecular flexibility index (Phi) is 2.95. The third kappa shape index (κ3) is 2.20. The van der Waals surface area contributed by atoms with Gasteiger partial charge in [0.2, 0.25) is 5.96 Å². The Bertz CT molecular complexity index is 824. The van der Waals surface area contributed by atoms with Gasteiger partial charge in [0.1, 0.15) is 0 Å². The molecule has 24 heavy (non-hydrogen) atoms. The molecule has 1 atom stereocenters. The fourth-order valence-electron chi connectivity index (χ4n) is 3.52. The summed E-state index contributed by atoms with van der Waals surface area (Å²) in [5.41, 5.74) is 10.00. The number of nitrogens with one attached hydrogen (secondary N) is 3. The lowest BCUT2D eigenvalue weighted by Gasteiger charge is -2.30. The van der Waals surface area contributed by atoms with Gasteiger partial charge in [-0.25, -0.2) is 4.99 Å². The SMILES string of the molecule is NC1(C2CC2)N=C(Nc2cnc3c(c2)CNCC3)Nc2ccoc21. The van der Waals surface area contributed by atoms with Gasteiger partial charge in [-0.1, -0.05) is 0 Å². The van der Waals surface area contributed by atoms with E-state index in [1.165, 1.54) is 11.3 Å². The van der Waals surface area contributed by atoms with Crippen LogP contribution in [0.3, 0.4) is 0 Å². The van der Waals surface area contributed by atoms with E-state index < -0.39 is 5.66 Å². The first-order chi connectivity index (χ1) is 11.7. The molecule has 4 heterocycles. The maximum Gasteiger partial charge on any atom is 0.202 e. The van der Waals surface area contributed by atoms with Crippen LogP contribution in [0.15, 0.2) is 34.0 Å². The number of hydrogen-bond donors (Lipinski definition) is 4. The molecule has 0 saturated heterocycles. The van der Waals surface area contributed by atoms with E-state index in [1.807, 2.05) is 12.3 Å². The summed E-state index contributed by atoms with van der Waals surface area (Å²) in [6.07, 6.45) is 6.65. The topological polar surface area (TPSA) is 100 Å². The number of aromatic nitrogens is 1. The highest BCUT2D eigenvalue weighted by atomic mass is 16.3. The van der Waals surface area contributed by atoms with E-state index in [1.54, 1.807) is 6.26 Å². The maximum absolute atomic E-state index is 6.59. The zero-order valence-corrected chi connectivity index (χ0v) is 13.3. The van der Waals surface area contributed by atoms with Crippen molar-refractivity contribution >= 4 is 17.3 Å². The van der Waals surface area contributed by atoms with Gasteiger partial charge in [-0.2, -0.15) is 0 Å². The standard InChI is InChI=1S/C17H20N6O/c18-17(11-1-2-11)15-14(4-6-24-15)22-16(23-17)21-12-7-10-8-19-5-3-13(10)20-9-12/h4,6-7,9,11,19H,1-3,5,8,18H2,(H2,21,22,23). The average Bonchev–Trinajstić information content (AvgIpc) is 3.34. The monoisotopic (exact) mass is 324 g/mol. The van der Waals surface area contributed by atoms with Crippen molar-refractivity contribution in [3.05, 3.63) is 41.6 Å². The second kappa shape index (κ2) is 5.06. The van der Waals surface area contributed by atoms with E-state index in [-0.39, 0.29) is 0 Å². The molecule has 1 aliphatic carbocycles. The highest BCUT2D eigenvalue weighted by Crippen LogP contribution is 2.48. The van der Waals surface area contributed by atoms with Gasteiger partial charge in [-0.05, 0) is 24.5 Å². The van der Waals surface area contributed by atoms with Crippen LogP contribution in [0.4, 0.5) is 11.4 Å². The van der Waals surface area contributed by atoms with Crippen molar-refractivity contribution in [2.24, 2.45) is 16.6 Å². The second-order valence-corrected chi connectivity index (χ2v) is 6.73. The number of rotatable bonds is 2. The van der Waals surface area contributed by atoms with Crippen molar-refractivity contribution in [1.82, 2.24) is 10.3 Å². The van der Waals surface area contributed by atoms with Crippen LogP contribution < -0.4 is 21.7 Å². The van der Waals surface area contributed by atoms with E-state index >= 15 is 0 Å². The van der Waals surface area contributed by atoms with E-state index in [0.717, 1.165) is 49.5 Å². The van der Waals surface area contributed by atoms with Crippen molar-refractivity contribution in [3.63, 3.8) is 0 Å². The van der Waals surface area contributed by atoms with Crippen LogP contribution >= 0.6 is 0 Å². The van der Waals surface area contributed by atoms with Crippen molar-refractivity contribution < 1.29 is 4.42 Å². The maximum atomic E-state index is 6.59. The van der Waals surface area contributed by atoms with E-state index in [9.17, 15) is 0 Å². The molecule has 7 nitrogen and oxygen atoms in total. The molecule has 1 fully saturated rings. The first-order valence-electron chi connectivity index (χ1n) is 8.41. The molecule has 5 N–H and O–H groups in total.